The molecule has 0 aliphatic heterocycles. The fourth-order valence-corrected chi connectivity index (χ4v) is 4.06. The van der Waals surface area contributed by atoms with Gasteiger partial charge in [0.25, 0.3) is 10.0 Å². The second kappa shape index (κ2) is 6.72. The highest BCUT2D eigenvalue weighted by molar-refractivity contribution is 7.92. The minimum Gasteiger partial charge on any atom is -0.356 e. The zero-order valence-corrected chi connectivity index (χ0v) is 15.2. The number of aromatic nitrogens is 1. The Balaban J connectivity index is 1.95. The number of anilines is 1. The highest BCUT2D eigenvalue weighted by Crippen LogP contribution is 2.27. The quantitative estimate of drug-likeness (QED) is 0.739. The monoisotopic (exact) mass is 356 g/mol. The summed E-state index contributed by atoms with van der Waals surface area (Å²) >= 11 is 0. The number of hydrogen-bond acceptors (Lipinski definition) is 4. The molecule has 0 spiro atoms. The van der Waals surface area contributed by atoms with E-state index in [-0.39, 0.29) is 4.90 Å². The lowest BCUT2D eigenvalue weighted by Gasteiger charge is -2.13. The summed E-state index contributed by atoms with van der Waals surface area (Å²) in [5, 5.41) is 3.86. The molecule has 3 rings (SSSR count). The Morgan fingerprint density at radius 3 is 2.48 bits per heavy atom. The lowest BCUT2D eigenvalue weighted by Crippen LogP contribution is -2.15. The minimum atomic E-state index is -3.67. The van der Waals surface area contributed by atoms with Crippen molar-refractivity contribution in [3.8, 4) is 11.3 Å². The Bertz CT molecular complexity index is 1010. The maximum absolute atomic E-state index is 12.8. The van der Waals surface area contributed by atoms with Crippen molar-refractivity contribution >= 4 is 15.7 Å². The van der Waals surface area contributed by atoms with Gasteiger partial charge in [-0.1, -0.05) is 30.3 Å². The van der Waals surface area contributed by atoms with Gasteiger partial charge >= 0.3 is 0 Å². The average molecular weight is 356 g/mol. The molecule has 5 nitrogen and oxygen atoms in total. The number of rotatable bonds is 5. The van der Waals surface area contributed by atoms with Crippen molar-refractivity contribution in [2.24, 2.45) is 0 Å². The Morgan fingerprint density at radius 2 is 1.84 bits per heavy atom. The Morgan fingerprint density at radius 1 is 1.08 bits per heavy atom. The normalized spacial score (nSPS) is 11.5. The highest BCUT2D eigenvalue weighted by atomic mass is 32.2. The topological polar surface area (TPSA) is 72.2 Å². The maximum Gasteiger partial charge on any atom is 0.262 e. The Labute approximate surface area is 147 Å². The third kappa shape index (κ3) is 3.58. The van der Waals surface area contributed by atoms with E-state index in [4.69, 9.17) is 4.52 Å². The first-order chi connectivity index (χ1) is 11.9. The summed E-state index contributed by atoms with van der Waals surface area (Å²) in [5.74, 6) is 0.619. The fourth-order valence-electron chi connectivity index (χ4n) is 2.73. The summed E-state index contributed by atoms with van der Waals surface area (Å²) in [4.78, 5) is 0.249. The predicted octanol–water partition coefficient (Wildman–Crippen LogP) is 4.32. The van der Waals surface area contributed by atoms with Crippen LogP contribution in [0.25, 0.3) is 11.3 Å². The molecule has 0 unspecified atom stereocenters. The second-order valence-corrected chi connectivity index (χ2v) is 7.58. The molecule has 0 fully saturated rings. The molecule has 0 atom stereocenters. The predicted molar refractivity (Wildman–Crippen MR) is 98.0 cm³/mol. The van der Waals surface area contributed by atoms with E-state index >= 15 is 0 Å². The van der Waals surface area contributed by atoms with Gasteiger partial charge in [0.1, 0.15) is 0 Å². The molecule has 2 aromatic carbocycles. The van der Waals surface area contributed by atoms with Gasteiger partial charge in [-0.2, -0.15) is 0 Å². The summed E-state index contributed by atoms with van der Waals surface area (Å²) < 4.78 is 33.5. The number of para-hydroxylation sites is 1. The Kier molecular flexibility index (Phi) is 4.63. The molecule has 25 heavy (non-hydrogen) atoms. The first kappa shape index (κ1) is 17.2. The van der Waals surface area contributed by atoms with Gasteiger partial charge in [0.05, 0.1) is 16.3 Å². The number of nitrogens with one attached hydrogen (secondary N) is 1. The van der Waals surface area contributed by atoms with Gasteiger partial charge < -0.3 is 4.52 Å². The molecule has 0 amide bonds. The molecule has 0 aliphatic carbocycles. The van der Waals surface area contributed by atoms with Crippen LogP contribution in [0.3, 0.4) is 0 Å². The van der Waals surface area contributed by atoms with E-state index in [2.05, 4.69) is 9.88 Å². The van der Waals surface area contributed by atoms with Crippen molar-refractivity contribution in [2.45, 2.75) is 32.1 Å². The zero-order valence-electron chi connectivity index (χ0n) is 14.4. The van der Waals surface area contributed by atoms with Crippen LogP contribution in [0.2, 0.25) is 0 Å². The SMILES string of the molecule is CCc1ccccc1NS(=O)(=O)c1ccc(-c2cc(C)no2)cc1C. The van der Waals surface area contributed by atoms with E-state index in [0.717, 1.165) is 23.2 Å². The van der Waals surface area contributed by atoms with Gasteiger partial charge in [0.15, 0.2) is 5.76 Å². The van der Waals surface area contributed by atoms with Crippen LogP contribution in [0, 0.1) is 13.8 Å². The smallest absolute Gasteiger partial charge is 0.262 e. The number of nitrogens with zero attached hydrogens (tertiary/aromatic N) is 1. The molecule has 0 radical (unpaired) electrons. The van der Waals surface area contributed by atoms with Gasteiger partial charge in [-0.05, 0) is 55.7 Å². The highest BCUT2D eigenvalue weighted by Gasteiger charge is 2.19. The van der Waals surface area contributed by atoms with Crippen LogP contribution in [0.4, 0.5) is 5.69 Å². The van der Waals surface area contributed by atoms with E-state index in [0.29, 0.717) is 17.0 Å². The van der Waals surface area contributed by atoms with Crippen LogP contribution in [0.15, 0.2) is 57.9 Å². The summed E-state index contributed by atoms with van der Waals surface area (Å²) in [6.45, 7) is 5.60. The van der Waals surface area contributed by atoms with E-state index < -0.39 is 10.0 Å². The summed E-state index contributed by atoms with van der Waals surface area (Å²) in [6.07, 6.45) is 0.751. The molecule has 0 saturated carbocycles. The lowest BCUT2D eigenvalue weighted by molar-refractivity contribution is 0.427. The van der Waals surface area contributed by atoms with Crippen LogP contribution in [0.1, 0.15) is 23.7 Å². The fraction of sp³-hybridized carbons (Fsp3) is 0.211. The zero-order chi connectivity index (χ0) is 18.0. The van der Waals surface area contributed by atoms with Crippen molar-refractivity contribution < 1.29 is 12.9 Å². The molecule has 1 N–H and O–H groups in total. The van der Waals surface area contributed by atoms with Gasteiger partial charge in [-0.3, -0.25) is 4.72 Å². The van der Waals surface area contributed by atoms with E-state index in [1.165, 1.54) is 0 Å². The van der Waals surface area contributed by atoms with Crippen LogP contribution in [-0.2, 0) is 16.4 Å². The maximum atomic E-state index is 12.8. The van der Waals surface area contributed by atoms with Crippen LogP contribution >= 0.6 is 0 Å². The van der Waals surface area contributed by atoms with Crippen LogP contribution in [-0.4, -0.2) is 13.6 Å². The van der Waals surface area contributed by atoms with E-state index in [9.17, 15) is 8.42 Å². The summed E-state index contributed by atoms with van der Waals surface area (Å²) in [6, 6.07) is 14.3. The molecular formula is C19H20N2O3S. The molecular weight excluding hydrogens is 336 g/mol. The van der Waals surface area contributed by atoms with Crippen molar-refractivity contribution in [2.75, 3.05) is 4.72 Å². The number of hydrogen-bond donors (Lipinski definition) is 1. The first-order valence-corrected chi connectivity index (χ1v) is 9.54. The molecule has 1 heterocycles. The van der Waals surface area contributed by atoms with Crippen LogP contribution in [0.5, 0.6) is 0 Å². The number of aryl methyl sites for hydroxylation is 3. The van der Waals surface area contributed by atoms with Gasteiger partial charge in [-0.25, -0.2) is 8.42 Å². The van der Waals surface area contributed by atoms with E-state index in [1.54, 1.807) is 31.2 Å². The number of sulfonamides is 1. The van der Waals surface area contributed by atoms with Crippen LogP contribution < -0.4 is 4.72 Å². The average Bonchev–Trinajstić information content (AvgIpc) is 3.01. The third-order valence-corrected chi connectivity index (χ3v) is 5.55. The minimum absolute atomic E-state index is 0.249. The third-order valence-electron chi connectivity index (χ3n) is 4.02. The molecule has 6 heteroatoms. The molecule has 0 saturated heterocycles. The van der Waals surface area contributed by atoms with Gasteiger partial charge in [0, 0.05) is 11.6 Å². The molecule has 3 aromatic rings. The number of benzene rings is 2. The summed E-state index contributed by atoms with van der Waals surface area (Å²) in [7, 11) is -3.67. The molecule has 1 aromatic heterocycles. The molecule has 0 bridgehead atoms. The van der Waals surface area contributed by atoms with Crippen molar-refractivity contribution in [3.05, 3.63) is 65.4 Å². The largest absolute Gasteiger partial charge is 0.356 e. The second-order valence-electron chi connectivity index (χ2n) is 5.93. The standard InChI is InChI=1S/C19H20N2O3S/c1-4-15-7-5-6-8-17(15)21-25(22,23)19-10-9-16(11-13(19)2)18-12-14(3)20-24-18/h5-12,21H,4H2,1-3H3. The van der Waals surface area contributed by atoms with Gasteiger partial charge in [0.2, 0.25) is 0 Å². The lowest BCUT2D eigenvalue weighted by atomic mass is 10.1. The van der Waals surface area contributed by atoms with E-state index in [1.807, 2.05) is 38.1 Å². The summed E-state index contributed by atoms with van der Waals surface area (Å²) in [5.41, 5.74) is 3.79. The van der Waals surface area contributed by atoms with Crippen molar-refractivity contribution in [1.29, 1.82) is 0 Å². The van der Waals surface area contributed by atoms with Crippen molar-refractivity contribution in [1.82, 2.24) is 5.16 Å². The van der Waals surface area contributed by atoms with Gasteiger partial charge in [-0.15, -0.1) is 0 Å². The first-order valence-electron chi connectivity index (χ1n) is 8.06. The molecule has 0 aliphatic rings. The van der Waals surface area contributed by atoms with Crippen molar-refractivity contribution in [3.63, 3.8) is 0 Å². The Hall–Kier alpha value is -2.60. The molecule has 130 valence electrons.